The monoisotopic (exact) mass is 316 g/mol. The van der Waals surface area contributed by atoms with Gasteiger partial charge in [-0.05, 0) is 37.5 Å². The Bertz CT molecular complexity index is 678. The summed E-state index contributed by atoms with van der Waals surface area (Å²) in [6.45, 7) is 0. The Morgan fingerprint density at radius 3 is 2.71 bits per heavy atom. The summed E-state index contributed by atoms with van der Waals surface area (Å²) in [6, 6.07) is 2.43. The number of nitrogens with two attached hydrogens (primary N) is 1. The van der Waals surface area contributed by atoms with Crippen molar-refractivity contribution in [1.29, 1.82) is 0 Å². The first kappa shape index (κ1) is 14.5. The number of thiazole rings is 1. The van der Waals surface area contributed by atoms with Crippen LogP contribution in [0.2, 0.25) is 0 Å². The van der Waals surface area contributed by atoms with Crippen molar-refractivity contribution < 1.29 is 17.6 Å². The molecule has 1 heterocycles. The van der Waals surface area contributed by atoms with E-state index in [2.05, 4.69) is 4.98 Å². The molecule has 7 heteroatoms. The highest BCUT2D eigenvalue weighted by Gasteiger charge is 2.35. The van der Waals surface area contributed by atoms with E-state index in [-0.39, 0.29) is 16.6 Å². The van der Waals surface area contributed by atoms with Gasteiger partial charge in [0.05, 0.1) is 11.3 Å². The molecule has 2 aromatic rings. The van der Waals surface area contributed by atoms with Gasteiger partial charge in [0.25, 0.3) is 0 Å². The van der Waals surface area contributed by atoms with Crippen LogP contribution in [0.15, 0.2) is 18.2 Å². The van der Waals surface area contributed by atoms with Crippen molar-refractivity contribution in [3.63, 3.8) is 0 Å². The second kappa shape index (κ2) is 5.06. The lowest BCUT2D eigenvalue weighted by molar-refractivity contribution is -0.137. The van der Waals surface area contributed by atoms with Crippen molar-refractivity contribution in [1.82, 2.24) is 4.98 Å². The van der Waals surface area contributed by atoms with Gasteiger partial charge in [0.15, 0.2) is 0 Å². The van der Waals surface area contributed by atoms with Crippen LogP contribution >= 0.6 is 11.3 Å². The lowest BCUT2D eigenvalue weighted by Gasteiger charge is -2.15. The third kappa shape index (κ3) is 2.67. The zero-order valence-corrected chi connectivity index (χ0v) is 11.7. The fraction of sp³-hybridized carbons (Fsp3) is 0.357. The van der Waals surface area contributed by atoms with E-state index in [1.54, 1.807) is 0 Å². The van der Waals surface area contributed by atoms with Crippen LogP contribution in [-0.4, -0.2) is 4.98 Å². The summed E-state index contributed by atoms with van der Waals surface area (Å²) in [6.07, 6.45) is -2.15. The molecule has 1 aromatic carbocycles. The van der Waals surface area contributed by atoms with Crippen LogP contribution in [0.3, 0.4) is 0 Å². The second-order valence-corrected chi connectivity index (χ2v) is 6.10. The van der Waals surface area contributed by atoms with Crippen LogP contribution in [0.4, 0.5) is 17.6 Å². The number of fused-ring (bicyclic) bond motifs is 1. The molecule has 2 nitrogen and oxygen atoms in total. The molecule has 112 valence electrons. The summed E-state index contributed by atoms with van der Waals surface area (Å²) in [7, 11) is 0. The fourth-order valence-corrected chi connectivity index (χ4v) is 3.72. The quantitative estimate of drug-likeness (QED) is 0.797. The van der Waals surface area contributed by atoms with Crippen molar-refractivity contribution >= 4 is 11.3 Å². The number of alkyl halides is 3. The summed E-state index contributed by atoms with van der Waals surface area (Å²) in [5.74, 6) is -0.913. The molecule has 0 bridgehead atoms. The first-order valence-corrected chi connectivity index (χ1v) is 7.30. The molecule has 1 unspecified atom stereocenters. The van der Waals surface area contributed by atoms with E-state index < -0.39 is 17.6 Å². The molecule has 1 aromatic heterocycles. The van der Waals surface area contributed by atoms with E-state index in [1.807, 2.05) is 0 Å². The van der Waals surface area contributed by atoms with Gasteiger partial charge in [-0.15, -0.1) is 11.3 Å². The average Bonchev–Trinajstić information content (AvgIpc) is 2.83. The largest absolute Gasteiger partial charge is 0.417 e. The third-order valence-electron chi connectivity index (χ3n) is 3.52. The Labute approximate surface area is 122 Å². The summed E-state index contributed by atoms with van der Waals surface area (Å²) in [4.78, 5) is 5.21. The van der Waals surface area contributed by atoms with Gasteiger partial charge >= 0.3 is 6.18 Å². The molecule has 0 amide bonds. The Kier molecular flexibility index (Phi) is 3.49. The number of aromatic nitrogens is 1. The summed E-state index contributed by atoms with van der Waals surface area (Å²) in [5, 5.41) is 0.254. The molecule has 0 saturated heterocycles. The van der Waals surface area contributed by atoms with E-state index in [0.29, 0.717) is 11.8 Å². The van der Waals surface area contributed by atoms with Crippen molar-refractivity contribution in [3.8, 4) is 10.6 Å². The van der Waals surface area contributed by atoms with E-state index in [1.165, 1.54) is 11.3 Å². The van der Waals surface area contributed by atoms with Crippen LogP contribution < -0.4 is 5.73 Å². The first-order chi connectivity index (χ1) is 9.86. The molecule has 0 spiro atoms. The maximum absolute atomic E-state index is 13.1. The topological polar surface area (TPSA) is 38.9 Å². The van der Waals surface area contributed by atoms with Gasteiger partial charge in [-0.3, -0.25) is 0 Å². The van der Waals surface area contributed by atoms with Gasteiger partial charge in [0.2, 0.25) is 0 Å². The highest BCUT2D eigenvalue weighted by atomic mass is 32.1. The average molecular weight is 316 g/mol. The Balaban J connectivity index is 2.13. The maximum atomic E-state index is 13.1. The highest BCUT2D eigenvalue weighted by molar-refractivity contribution is 7.15. The van der Waals surface area contributed by atoms with Gasteiger partial charge in [0, 0.05) is 16.5 Å². The number of hydrogen-bond acceptors (Lipinski definition) is 3. The molecule has 1 aliphatic carbocycles. The van der Waals surface area contributed by atoms with Crippen molar-refractivity contribution in [2.45, 2.75) is 31.5 Å². The van der Waals surface area contributed by atoms with E-state index >= 15 is 0 Å². The molecule has 1 aliphatic rings. The highest BCUT2D eigenvalue weighted by Crippen LogP contribution is 2.41. The van der Waals surface area contributed by atoms with Crippen molar-refractivity contribution in [2.24, 2.45) is 5.73 Å². The minimum atomic E-state index is -4.62. The van der Waals surface area contributed by atoms with Crippen molar-refractivity contribution in [2.75, 3.05) is 0 Å². The fourth-order valence-electron chi connectivity index (χ4n) is 2.50. The normalized spacial score (nSPS) is 18.6. The van der Waals surface area contributed by atoms with Crippen molar-refractivity contribution in [3.05, 3.63) is 40.2 Å². The number of halogens is 4. The maximum Gasteiger partial charge on any atom is 0.417 e. The Hall–Kier alpha value is -1.47. The number of hydrogen-bond donors (Lipinski definition) is 1. The van der Waals surface area contributed by atoms with Crippen LogP contribution in [0.5, 0.6) is 0 Å². The lowest BCUT2D eigenvalue weighted by Crippen LogP contribution is -2.16. The zero-order chi connectivity index (χ0) is 15.2. The number of rotatable bonds is 1. The minimum Gasteiger partial charge on any atom is -0.323 e. The number of aryl methyl sites for hydroxylation is 1. The Morgan fingerprint density at radius 2 is 2.05 bits per heavy atom. The van der Waals surface area contributed by atoms with Crippen LogP contribution in [0.1, 0.15) is 35.0 Å². The van der Waals surface area contributed by atoms with Gasteiger partial charge < -0.3 is 5.73 Å². The third-order valence-corrected chi connectivity index (χ3v) is 4.68. The summed E-state index contributed by atoms with van der Waals surface area (Å²) < 4.78 is 52.3. The van der Waals surface area contributed by atoms with E-state index in [4.69, 9.17) is 5.73 Å². The molecule has 1 atom stereocenters. The molecular formula is C14H12F4N2S. The SMILES string of the molecule is NC1CCCc2sc(-c3ccc(F)cc3C(F)(F)F)nc21. The summed E-state index contributed by atoms with van der Waals surface area (Å²) >= 11 is 1.21. The van der Waals surface area contributed by atoms with Crippen LogP contribution in [0.25, 0.3) is 10.6 Å². The molecule has 2 N–H and O–H groups in total. The Morgan fingerprint density at radius 1 is 1.29 bits per heavy atom. The first-order valence-electron chi connectivity index (χ1n) is 6.48. The van der Waals surface area contributed by atoms with Gasteiger partial charge in [0.1, 0.15) is 10.8 Å². The molecule has 0 aliphatic heterocycles. The molecule has 0 radical (unpaired) electrons. The molecule has 0 fully saturated rings. The predicted octanol–water partition coefficient (Wildman–Crippen LogP) is 4.30. The molecular weight excluding hydrogens is 304 g/mol. The van der Waals surface area contributed by atoms with Gasteiger partial charge in [-0.2, -0.15) is 13.2 Å². The smallest absolute Gasteiger partial charge is 0.323 e. The van der Waals surface area contributed by atoms with E-state index in [0.717, 1.165) is 36.3 Å². The lowest BCUT2D eigenvalue weighted by atomic mass is 9.98. The molecule has 3 rings (SSSR count). The molecule has 0 saturated carbocycles. The van der Waals surface area contributed by atoms with Crippen LogP contribution in [-0.2, 0) is 12.6 Å². The molecule has 21 heavy (non-hydrogen) atoms. The zero-order valence-electron chi connectivity index (χ0n) is 10.9. The predicted molar refractivity (Wildman–Crippen MR) is 72.4 cm³/mol. The summed E-state index contributed by atoms with van der Waals surface area (Å²) in [5.41, 5.74) is 5.54. The number of benzene rings is 1. The number of nitrogens with zero attached hydrogens (tertiary/aromatic N) is 1. The van der Waals surface area contributed by atoms with Gasteiger partial charge in [-0.1, -0.05) is 0 Å². The van der Waals surface area contributed by atoms with E-state index in [9.17, 15) is 17.6 Å². The minimum absolute atomic E-state index is 0.0875. The standard InChI is InChI=1S/C14H12F4N2S/c15-7-4-5-8(9(6-7)14(16,17)18)13-20-12-10(19)2-1-3-11(12)21-13/h4-6,10H,1-3,19H2. The van der Waals surface area contributed by atoms with Crippen LogP contribution in [0, 0.1) is 5.82 Å². The second-order valence-electron chi connectivity index (χ2n) is 5.01. The van der Waals surface area contributed by atoms with Gasteiger partial charge in [-0.25, -0.2) is 9.37 Å².